The summed E-state index contributed by atoms with van der Waals surface area (Å²) in [6, 6.07) is 2.80. The maximum absolute atomic E-state index is 15.3. The minimum atomic E-state index is -2.22. The van der Waals surface area contributed by atoms with Gasteiger partial charge in [0.25, 0.3) is 0 Å². The van der Waals surface area contributed by atoms with E-state index in [1.165, 1.54) is 32.2 Å². The van der Waals surface area contributed by atoms with Gasteiger partial charge >= 0.3 is 29.8 Å². The lowest BCUT2D eigenvalue weighted by Crippen LogP contribution is -2.82. The third-order valence-electron chi connectivity index (χ3n) is 10.5. The van der Waals surface area contributed by atoms with Gasteiger partial charge in [0.15, 0.2) is 17.5 Å². The molecule has 2 saturated carbocycles. The summed E-state index contributed by atoms with van der Waals surface area (Å²) in [4.78, 5) is 79.4. The van der Waals surface area contributed by atoms with Crippen molar-refractivity contribution >= 4 is 35.6 Å². The Hall–Kier alpha value is -4.04. The zero-order valence-electron chi connectivity index (χ0n) is 27.6. The van der Waals surface area contributed by atoms with Crippen LogP contribution in [-0.2, 0) is 52.4 Å². The number of fused-ring (bicyclic) bond motifs is 5. The van der Waals surface area contributed by atoms with Crippen molar-refractivity contribution in [3.8, 4) is 0 Å². The number of hydrogen-bond donors (Lipinski definition) is 1. The fraction of sp³-hybridized carbons (Fsp3) is 0.636. The standard InChI is InChI=1S/C33H40O14/c1-15-21(43-16(2)34)13-33(40)28(46-29(39)20-10-9-11-41-20)26-31(8,27(38)25(45-18(4)36)24(15)30(33,6)7)22(44-17(3)35)12-23-32(26,14-42-23)47-19(5)37/h9-11,21-23,25-26,28,40H,12-14H2,1-8H3/t21-,22-,23+,25+,26-,28-,31+,32-,33+/m0/s1. The number of ether oxygens (including phenoxy) is 6. The predicted molar refractivity (Wildman–Crippen MR) is 156 cm³/mol. The van der Waals surface area contributed by atoms with Crippen molar-refractivity contribution in [2.45, 2.75) is 110 Å². The Balaban J connectivity index is 1.90. The van der Waals surface area contributed by atoms with E-state index in [1.54, 1.807) is 20.8 Å². The molecule has 2 heterocycles. The van der Waals surface area contributed by atoms with Crippen LogP contribution in [0.25, 0.3) is 0 Å². The van der Waals surface area contributed by atoms with Crippen LogP contribution < -0.4 is 0 Å². The summed E-state index contributed by atoms with van der Waals surface area (Å²) in [7, 11) is 0. The Morgan fingerprint density at radius 1 is 0.915 bits per heavy atom. The lowest BCUT2D eigenvalue weighted by atomic mass is 9.44. The van der Waals surface area contributed by atoms with Gasteiger partial charge in [0.1, 0.15) is 30.0 Å². The molecule has 0 spiro atoms. The molecule has 4 aliphatic rings. The van der Waals surface area contributed by atoms with Crippen LogP contribution in [0.5, 0.6) is 0 Å². The molecular formula is C33H40O14. The van der Waals surface area contributed by atoms with Gasteiger partial charge in [-0.05, 0) is 37.1 Å². The lowest BCUT2D eigenvalue weighted by molar-refractivity contribution is -0.346. The fourth-order valence-corrected chi connectivity index (χ4v) is 8.38. The molecule has 1 N–H and O–H groups in total. The normalized spacial score (nSPS) is 37.1. The molecule has 14 heteroatoms. The third kappa shape index (κ3) is 5.16. The lowest BCUT2D eigenvalue weighted by Gasteiger charge is -2.67. The van der Waals surface area contributed by atoms with Crippen molar-refractivity contribution in [2.24, 2.45) is 16.7 Å². The molecule has 0 radical (unpaired) electrons. The van der Waals surface area contributed by atoms with E-state index in [0.717, 1.165) is 20.8 Å². The Morgan fingerprint density at radius 3 is 2.06 bits per heavy atom. The van der Waals surface area contributed by atoms with Crippen molar-refractivity contribution in [1.29, 1.82) is 0 Å². The average molecular weight is 661 g/mol. The van der Waals surface area contributed by atoms with Gasteiger partial charge < -0.3 is 37.9 Å². The summed E-state index contributed by atoms with van der Waals surface area (Å²) in [6.07, 6.45) is -6.05. The highest BCUT2D eigenvalue weighted by Gasteiger charge is 2.79. The smallest absolute Gasteiger partial charge is 0.374 e. The second-order valence-electron chi connectivity index (χ2n) is 13.5. The predicted octanol–water partition coefficient (Wildman–Crippen LogP) is 2.39. The molecule has 0 unspecified atom stereocenters. The molecule has 0 amide bonds. The topological polar surface area (TPSA) is 191 Å². The fourth-order valence-electron chi connectivity index (χ4n) is 8.38. The number of carbonyl (C=O) groups is 6. The Bertz CT molecular complexity index is 1540. The second kappa shape index (κ2) is 11.6. The van der Waals surface area contributed by atoms with Crippen LogP contribution in [0, 0.1) is 16.7 Å². The largest absolute Gasteiger partial charge is 0.461 e. The number of carbonyl (C=O) groups excluding carboxylic acids is 6. The molecule has 1 aromatic heterocycles. The number of esters is 5. The summed E-state index contributed by atoms with van der Waals surface area (Å²) in [6.45, 7) is 10.6. The third-order valence-corrected chi connectivity index (χ3v) is 10.5. The van der Waals surface area contributed by atoms with E-state index in [4.69, 9.17) is 32.8 Å². The average Bonchev–Trinajstić information content (AvgIpc) is 3.49. The van der Waals surface area contributed by atoms with E-state index in [-0.39, 0.29) is 30.8 Å². The molecular weight excluding hydrogens is 620 g/mol. The van der Waals surface area contributed by atoms with E-state index in [1.807, 2.05) is 0 Å². The molecule has 1 aliphatic heterocycles. The summed E-state index contributed by atoms with van der Waals surface area (Å²) >= 11 is 0. The molecule has 1 saturated heterocycles. The van der Waals surface area contributed by atoms with E-state index in [0.29, 0.717) is 5.57 Å². The number of Topliss-reactive ketones (excluding diaryl/α,β-unsaturated/α-hetero) is 1. The first-order chi connectivity index (χ1) is 21.8. The number of ketones is 1. The van der Waals surface area contributed by atoms with Crippen LogP contribution in [0.4, 0.5) is 0 Å². The first kappa shape index (κ1) is 34.3. The van der Waals surface area contributed by atoms with Crippen LogP contribution in [0.2, 0.25) is 0 Å². The number of aliphatic hydroxyl groups is 1. The van der Waals surface area contributed by atoms with Crippen LogP contribution >= 0.6 is 0 Å². The summed E-state index contributed by atoms with van der Waals surface area (Å²) < 4.78 is 40.6. The van der Waals surface area contributed by atoms with Crippen molar-refractivity contribution in [3.05, 3.63) is 35.3 Å². The molecule has 3 aliphatic carbocycles. The van der Waals surface area contributed by atoms with E-state index >= 15 is 4.79 Å². The maximum atomic E-state index is 15.3. The molecule has 1 aromatic rings. The van der Waals surface area contributed by atoms with Crippen LogP contribution in [0.3, 0.4) is 0 Å². The molecule has 0 aromatic carbocycles. The molecule has 256 valence electrons. The summed E-state index contributed by atoms with van der Waals surface area (Å²) in [5, 5.41) is 13.2. The van der Waals surface area contributed by atoms with Gasteiger partial charge in [0.2, 0.25) is 5.76 Å². The number of hydrogen-bond acceptors (Lipinski definition) is 14. The second-order valence-corrected chi connectivity index (χ2v) is 13.5. The van der Waals surface area contributed by atoms with Crippen molar-refractivity contribution in [3.63, 3.8) is 0 Å². The Morgan fingerprint density at radius 2 is 1.55 bits per heavy atom. The number of rotatable bonds is 6. The first-order valence-corrected chi connectivity index (χ1v) is 15.4. The summed E-state index contributed by atoms with van der Waals surface area (Å²) in [5.74, 6) is -6.52. The van der Waals surface area contributed by atoms with Crippen LogP contribution in [-0.4, -0.2) is 89.1 Å². The Kier molecular flexibility index (Phi) is 8.45. The van der Waals surface area contributed by atoms with Crippen molar-refractivity contribution in [1.82, 2.24) is 0 Å². The van der Waals surface area contributed by atoms with Crippen LogP contribution in [0.1, 0.15) is 78.8 Å². The monoisotopic (exact) mass is 660 g/mol. The molecule has 5 rings (SSSR count). The zero-order valence-corrected chi connectivity index (χ0v) is 27.6. The van der Waals surface area contributed by atoms with Crippen molar-refractivity contribution in [2.75, 3.05) is 6.61 Å². The molecule has 14 nitrogen and oxygen atoms in total. The van der Waals surface area contributed by atoms with Gasteiger partial charge in [-0.2, -0.15) is 0 Å². The van der Waals surface area contributed by atoms with Gasteiger partial charge in [0, 0.05) is 46.0 Å². The van der Waals surface area contributed by atoms with Crippen LogP contribution in [0.15, 0.2) is 34.0 Å². The molecule has 47 heavy (non-hydrogen) atoms. The highest BCUT2D eigenvalue weighted by atomic mass is 16.6. The minimum Gasteiger partial charge on any atom is -0.461 e. The highest BCUT2D eigenvalue weighted by Crippen LogP contribution is 2.65. The quantitative estimate of drug-likeness (QED) is 0.266. The highest BCUT2D eigenvalue weighted by molar-refractivity contribution is 5.95. The molecule has 3 fully saturated rings. The first-order valence-electron chi connectivity index (χ1n) is 15.4. The SMILES string of the molecule is CC(=O)O[C@H]1C(=O)[C@]2(C)[C@@H](OC(C)=O)C[C@H]3OC[C@@]3(OC(C)=O)[C@H]2[C@H](OC(=O)c2ccco2)[C@]2(O)C[C@H](OC(C)=O)C(C)=C1C2(C)C. The van der Waals surface area contributed by atoms with Gasteiger partial charge in [-0.15, -0.1) is 0 Å². The van der Waals surface area contributed by atoms with E-state index < -0.39 is 94.1 Å². The zero-order chi connectivity index (χ0) is 34.9. The van der Waals surface area contributed by atoms with E-state index in [2.05, 4.69) is 0 Å². The van der Waals surface area contributed by atoms with Gasteiger partial charge in [0.05, 0.1) is 24.2 Å². The number of furan rings is 1. The Labute approximate surface area is 271 Å². The molecule has 2 bridgehead atoms. The van der Waals surface area contributed by atoms with Gasteiger partial charge in [-0.25, -0.2) is 4.79 Å². The van der Waals surface area contributed by atoms with Crippen molar-refractivity contribution < 1.29 is 66.7 Å². The van der Waals surface area contributed by atoms with Gasteiger partial charge in [-0.1, -0.05) is 13.8 Å². The van der Waals surface area contributed by atoms with Gasteiger partial charge in [-0.3, -0.25) is 24.0 Å². The molecule has 9 atom stereocenters. The summed E-state index contributed by atoms with van der Waals surface area (Å²) in [5.41, 5.74) is -6.94. The van der Waals surface area contributed by atoms with E-state index in [9.17, 15) is 29.1 Å². The maximum Gasteiger partial charge on any atom is 0.374 e. The minimum absolute atomic E-state index is 0.117.